The molecule has 0 fully saturated rings. The summed E-state index contributed by atoms with van der Waals surface area (Å²) in [6.07, 6.45) is 10.0. The largest absolute Gasteiger partial charge is 0.481 e. The number of carboxylic acid groups (broad SMARTS) is 1. The molecule has 0 aromatic heterocycles. The first-order chi connectivity index (χ1) is 7.16. The second-order valence-corrected chi connectivity index (χ2v) is 4.57. The third kappa shape index (κ3) is 11.4. The molecule has 0 saturated heterocycles. The van der Waals surface area contributed by atoms with Gasteiger partial charge in [0.2, 0.25) is 0 Å². The fraction of sp³-hybridized carbons (Fsp3) is 0.923. The Bertz CT molecular complexity index is 155. The molecule has 0 aliphatic heterocycles. The molecule has 0 radical (unpaired) electrons. The number of hydrogen-bond acceptors (Lipinski definition) is 1. The fourth-order valence-electron chi connectivity index (χ4n) is 1.68. The third-order valence-electron chi connectivity index (χ3n) is 3.03. The zero-order valence-corrected chi connectivity index (χ0v) is 10.3. The predicted octanol–water partition coefficient (Wildman–Crippen LogP) is 4.24. The normalized spacial score (nSPS) is 12.7. The number of unbranched alkanes of at least 4 members (excludes halogenated alkanes) is 5. The molecule has 0 rings (SSSR count). The van der Waals surface area contributed by atoms with Gasteiger partial charge in [-0.3, -0.25) is 4.79 Å². The Labute approximate surface area is 94.1 Å². The van der Waals surface area contributed by atoms with Crippen LogP contribution < -0.4 is 0 Å². The van der Waals surface area contributed by atoms with Crippen LogP contribution in [-0.4, -0.2) is 11.1 Å². The first kappa shape index (κ1) is 14.5. The second kappa shape index (κ2) is 10.0. The van der Waals surface area contributed by atoms with Crippen LogP contribution in [0.1, 0.15) is 71.6 Å². The van der Waals surface area contributed by atoms with E-state index in [1.54, 1.807) is 0 Å². The molecular formula is C13H26O2. The average Bonchev–Trinajstić information content (AvgIpc) is 2.21. The second-order valence-electron chi connectivity index (χ2n) is 4.57. The molecule has 2 nitrogen and oxygen atoms in total. The molecule has 0 spiro atoms. The lowest BCUT2D eigenvalue weighted by Crippen LogP contribution is -1.94. The molecule has 0 amide bonds. The van der Waals surface area contributed by atoms with Gasteiger partial charge in [0.15, 0.2) is 0 Å². The molecule has 0 unspecified atom stereocenters. The molecular weight excluding hydrogens is 188 g/mol. The smallest absolute Gasteiger partial charge is 0.303 e. The van der Waals surface area contributed by atoms with Crippen molar-refractivity contribution >= 4 is 5.97 Å². The minimum atomic E-state index is -0.660. The topological polar surface area (TPSA) is 37.3 Å². The van der Waals surface area contributed by atoms with Crippen LogP contribution >= 0.6 is 0 Å². The van der Waals surface area contributed by atoms with Crippen molar-refractivity contribution in [1.82, 2.24) is 0 Å². The van der Waals surface area contributed by atoms with Crippen LogP contribution in [-0.2, 0) is 4.79 Å². The number of hydrogen-bond donors (Lipinski definition) is 1. The van der Waals surface area contributed by atoms with Crippen molar-refractivity contribution in [3.05, 3.63) is 0 Å². The van der Waals surface area contributed by atoms with Crippen LogP contribution in [0.25, 0.3) is 0 Å². The summed E-state index contributed by atoms with van der Waals surface area (Å²) in [5.41, 5.74) is 0. The van der Waals surface area contributed by atoms with Crippen LogP contribution in [0.4, 0.5) is 0 Å². The highest BCUT2D eigenvalue weighted by atomic mass is 16.4. The van der Waals surface area contributed by atoms with Crippen LogP contribution in [0.15, 0.2) is 0 Å². The molecule has 0 heterocycles. The fourth-order valence-corrected chi connectivity index (χ4v) is 1.68. The van der Waals surface area contributed by atoms with E-state index in [1.165, 1.54) is 38.5 Å². The van der Waals surface area contributed by atoms with Gasteiger partial charge >= 0.3 is 5.97 Å². The summed E-state index contributed by atoms with van der Waals surface area (Å²) in [6, 6.07) is 0. The molecule has 0 aromatic carbocycles. The van der Waals surface area contributed by atoms with Gasteiger partial charge in [0, 0.05) is 6.42 Å². The number of rotatable bonds is 10. The van der Waals surface area contributed by atoms with Gasteiger partial charge in [-0.25, -0.2) is 0 Å². The molecule has 2 heteroatoms. The molecule has 1 atom stereocenters. The lowest BCUT2D eigenvalue weighted by Gasteiger charge is -2.07. The summed E-state index contributed by atoms with van der Waals surface area (Å²) < 4.78 is 0. The number of carbonyl (C=O) groups is 1. The lowest BCUT2D eigenvalue weighted by atomic mass is 10.00. The Morgan fingerprint density at radius 3 is 2.13 bits per heavy atom. The Hall–Kier alpha value is -0.530. The van der Waals surface area contributed by atoms with E-state index < -0.39 is 5.97 Å². The molecule has 1 N–H and O–H groups in total. The molecule has 0 saturated carbocycles. The number of carboxylic acids is 1. The van der Waals surface area contributed by atoms with Gasteiger partial charge in [-0.15, -0.1) is 0 Å². The Kier molecular flexibility index (Phi) is 9.65. The summed E-state index contributed by atoms with van der Waals surface area (Å²) >= 11 is 0. The molecule has 0 aromatic rings. The zero-order chi connectivity index (χ0) is 11.5. The van der Waals surface area contributed by atoms with Crippen molar-refractivity contribution in [2.24, 2.45) is 5.92 Å². The van der Waals surface area contributed by atoms with E-state index in [0.29, 0.717) is 6.42 Å². The van der Waals surface area contributed by atoms with E-state index >= 15 is 0 Å². The molecule has 0 aliphatic carbocycles. The van der Waals surface area contributed by atoms with Crippen LogP contribution in [0, 0.1) is 5.92 Å². The van der Waals surface area contributed by atoms with Crippen molar-refractivity contribution in [1.29, 1.82) is 0 Å². The third-order valence-corrected chi connectivity index (χ3v) is 3.03. The SMILES string of the molecule is CC[C@H](C)CCCCCCCCC(=O)O. The van der Waals surface area contributed by atoms with Crippen molar-refractivity contribution < 1.29 is 9.90 Å². The minimum Gasteiger partial charge on any atom is -0.481 e. The maximum atomic E-state index is 10.2. The van der Waals surface area contributed by atoms with Crippen molar-refractivity contribution in [3.63, 3.8) is 0 Å². The Morgan fingerprint density at radius 1 is 1.07 bits per heavy atom. The molecule has 90 valence electrons. The van der Waals surface area contributed by atoms with E-state index in [9.17, 15) is 4.79 Å². The lowest BCUT2D eigenvalue weighted by molar-refractivity contribution is -0.137. The highest BCUT2D eigenvalue weighted by Gasteiger charge is 1.99. The van der Waals surface area contributed by atoms with Crippen LogP contribution in [0.5, 0.6) is 0 Å². The van der Waals surface area contributed by atoms with Gasteiger partial charge < -0.3 is 5.11 Å². The molecule has 15 heavy (non-hydrogen) atoms. The first-order valence-corrected chi connectivity index (χ1v) is 6.38. The van der Waals surface area contributed by atoms with Crippen molar-refractivity contribution in [2.45, 2.75) is 71.6 Å². The van der Waals surface area contributed by atoms with Crippen LogP contribution in [0.2, 0.25) is 0 Å². The van der Waals surface area contributed by atoms with Crippen molar-refractivity contribution in [2.75, 3.05) is 0 Å². The summed E-state index contributed by atoms with van der Waals surface area (Å²) in [5.74, 6) is 0.212. The summed E-state index contributed by atoms with van der Waals surface area (Å²) in [7, 11) is 0. The summed E-state index contributed by atoms with van der Waals surface area (Å²) in [4.78, 5) is 10.2. The van der Waals surface area contributed by atoms with E-state index in [1.807, 2.05) is 0 Å². The predicted molar refractivity (Wildman–Crippen MR) is 64.0 cm³/mol. The van der Waals surface area contributed by atoms with Gasteiger partial charge in [0.05, 0.1) is 0 Å². The maximum Gasteiger partial charge on any atom is 0.303 e. The zero-order valence-electron chi connectivity index (χ0n) is 10.3. The Balaban J connectivity index is 3.02. The standard InChI is InChI=1S/C13H26O2/c1-3-12(2)10-8-6-4-5-7-9-11-13(14)15/h12H,3-11H2,1-2H3,(H,14,15)/t12-/m0/s1. The van der Waals surface area contributed by atoms with Crippen LogP contribution in [0.3, 0.4) is 0 Å². The van der Waals surface area contributed by atoms with Gasteiger partial charge in [-0.1, -0.05) is 58.8 Å². The maximum absolute atomic E-state index is 10.2. The highest BCUT2D eigenvalue weighted by molar-refractivity contribution is 5.66. The average molecular weight is 214 g/mol. The summed E-state index contributed by atoms with van der Waals surface area (Å²) in [6.45, 7) is 4.56. The van der Waals surface area contributed by atoms with E-state index in [2.05, 4.69) is 13.8 Å². The first-order valence-electron chi connectivity index (χ1n) is 6.38. The molecule has 0 aliphatic rings. The van der Waals surface area contributed by atoms with Gasteiger partial charge in [-0.2, -0.15) is 0 Å². The highest BCUT2D eigenvalue weighted by Crippen LogP contribution is 2.14. The van der Waals surface area contributed by atoms with E-state index in [0.717, 1.165) is 18.8 Å². The number of aliphatic carboxylic acids is 1. The van der Waals surface area contributed by atoms with Crippen molar-refractivity contribution in [3.8, 4) is 0 Å². The molecule has 0 bridgehead atoms. The van der Waals surface area contributed by atoms with Gasteiger partial charge in [-0.05, 0) is 12.3 Å². The summed E-state index contributed by atoms with van der Waals surface area (Å²) in [5, 5.41) is 8.44. The minimum absolute atomic E-state index is 0.340. The van der Waals surface area contributed by atoms with Gasteiger partial charge in [0.1, 0.15) is 0 Å². The monoisotopic (exact) mass is 214 g/mol. The van der Waals surface area contributed by atoms with E-state index in [-0.39, 0.29) is 0 Å². The van der Waals surface area contributed by atoms with E-state index in [4.69, 9.17) is 5.11 Å². The van der Waals surface area contributed by atoms with Gasteiger partial charge in [0.25, 0.3) is 0 Å². The Morgan fingerprint density at radius 2 is 1.60 bits per heavy atom. The quantitative estimate of drug-likeness (QED) is 0.552.